The van der Waals surface area contributed by atoms with Crippen LogP contribution in [0.15, 0.2) is 199 Å². The number of para-hydroxylation sites is 2. The van der Waals surface area contributed by atoms with Crippen molar-refractivity contribution in [1.82, 2.24) is 19.5 Å². The van der Waals surface area contributed by atoms with Gasteiger partial charge in [0.15, 0.2) is 17.5 Å². The van der Waals surface area contributed by atoms with Gasteiger partial charge in [-0.2, -0.15) is 0 Å². The lowest BCUT2D eigenvalue weighted by Gasteiger charge is -2.16. The minimum Gasteiger partial charge on any atom is -0.456 e. The summed E-state index contributed by atoms with van der Waals surface area (Å²) in [5.41, 5.74) is 12.3. The predicted octanol–water partition coefficient (Wildman–Crippen LogP) is 13.2. The molecule has 11 rings (SSSR count). The number of aromatic nitrogens is 4. The molecule has 0 radical (unpaired) electrons. The van der Waals surface area contributed by atoms with Crippen molar-refractivity contribution in [3.05, 3.63) is 194 Å². The molecule has 3 aromatic heterocycles. The number of hydrogen-bond donors (Lipinski definition) is 0. The number of benzene rings is 8. The zero-order valence-electron chi connectivity index (χ0n) is 30.2. The van der Waals surface area contributed by atoms with Gasteiger partial charge in [0.25, 0.3) is 0 Å². The zero-order valence-corrected chi connectivity index (χ0v) is 30.2. The summed E-state index contributed by atoms with van der Waals surface area (Å²) in [7, 11) is 0. The maximum atomic E-state index is 6.30. The van der Waals surface area contributed by atoms with Crippen LogP contribution in [-0.4, -0.2) is 19.5 Å². The molecule has 0 N–H and O–H groups in total. The van der Waals surface area contributed by atoms with Crippen molar-refractivity contribution in [2.75, 3.05) is 0 Å². The second-order valence-electron chi connectivity index (χ2n) is 14.0. The van der Waals surface area contributed by atoms with E-state index >= 15 is 0 Å². The monoisotopic (exact) mass is 716 g/mol. The van der Waals surface area contributed by atoms with Gasteiger partial charge < -0.3 is 8.98 Å². The molecule has 11 aromatic rings. The van der Waals surface area contributed by atoms with Gasteiger partial charge in [-0.05, 0) is 65.2 Å². The van der Waals surface area contributed by atoms with Crippen molar-refractivity contribution in [1.29, 1.82) is 0 Å². The summed E-state index contributed by atoms with van der Waals surface area (Å²) in [6, 6.07) is 67.6. The number of nitrogens with zero attached hydrogens (tertiary/aromatic N) is 4. The molecule has 8 aromatic carbocycles. The van der Waals surface area contributed by atoms with Gasteiger partial charge in [0, 0.05) is 43.8 Å². The first-order valence-corrected chi connectivity index (χ1v) is 18.8. The molecule has 0 fully saturated rings. The molecule has 0 saturated heterocycles. The lowest BCUT2D eigenvalue weighted by atomic mass is 9.99. The summed E-state index contributed by atoms with van der Waals surface area (Å²) < 4.78 is 8.70. The van der Waals surface area contributed by atoms with Crippen molar-refractivity contribution in [3.8, 4) is 62.1 Å². The summed E-state index contributed by atoms with van der Waals surface area (Å²) in [6.45, 7) is 0. The summed E-state index contributed by atoms with van der Waals surface area (Å²) in [5, 5.41) is 4.64. The van der Waals surface area contributed by atoms with Crippen LogP contribution in [0.1, 0.15) is 0 Å². The smallest absolute Gasteiger partial charge is 0.164 e. The van der Waals surface area contributed by atoms with E-state index in [2.05, 4.69) is 126 Å². The Morgan fingerprint density at radius 2 is 0.821 bits per heavy atom. The highest BCUT2D eigenvalue weighted by molar-refractivity contribution is 6.11. The van der Waals surface area contributed by atoms with E-state index in [0.717, 1.165) is 77.6 Å². The fourth-order valence-electron chi connectivity index (χ4n) is 7.97. The minimum absolute atomic E-state index is 0.618. The Morgan fingerprint density at radius 3 is 1.52 bits per heavy atom. The number of fused-ring (bicyclic) bond motifs is 6. The van der Waals surface area contributed by atoms with Gasteiger partial charge >= 0.3 is 0 Å². The fourth-order valence-corrected chi connectivity index (χ4v) is 7.97. The van der Waals surface area contributed by atoms with E-state index < -0.39 is 0 Å². The van der Waals surface area contributed by atoms with Crippen LogP contribution in [0.2, 0.25) is 0 Å². The van der Waals surface area contributed by atoms with Gasteiger partial charge in [-0.15, -0.1) is 0 Å². The second kappa shape index (κ2) is 13.0. The first-order valence-electron chi connectivity index (χ1n) is 18.8. The van der Waals surface area contributed by atoms with Gasteiger partial charge in [0.05, 0.1) is 16.7 Å². The van der Waals surface area contributed by atoms with Crippen LogP contribution in [0.5, 0.6) is 0 Å². The Labute approximate surface area is 322 Å². The third kappa shape index (κ3) is 5.37. The predicted molar refractivity (Wildman–Crippen MR) is 229 cm³/mol. The molecule has 3 heterocycles. The summed E-state index contributed by atoms with van der Waals surface area (Å²) in [5.74, 6) is 1.89. The molecule has 0 spiro atoms. The fraction of sp³-hybridized carbons (Fsp3) is 0. The zero-order chi connectivity index (χ0) is 37.0. The molecule has 56 heavy (non-hydrogen) atoms. The third-order valence-corrected chi connectivity index (χ3v) is 10.7. The third-order valence-electron chi connectivity index (χ3n) is 10.7. The molecular formula is C51H32N4O. The maximum Gasteiger partial charge on any atom is 0.164 e. The van der Waals surface area contributed by atoms with E-state index in [1.807, 2.05) is 72.8 Å². The standard InChI is InChI=1S/C51H32N4O/c1-4-14-33(15-5-1)43-30-38(51-53-49(34-16-6-2-7-17-34)52-50(54-51)35-18-8-3-9-19-35)26-29-45(43)55-44-22-12-10-20-39(44)40-27-24-36(31-46(40)55)37-25-28-42-41-21-11-13-23-47(41)56-48(42)32-37/h1-32H. The summed E-state index contributed by atoms with van der Waals surface area (Å²) in [6.07, 6.45) is 0. The molecule has 0 aliphatic rings. The molecule has 5 nitrogen and oxygen atoms in total. The van der Waals surface area contributed by atoms with Crippen LogP contribution in [0.25, 0.3) is 106 Å². The SMILES string of the molecule is c1ccc(-c2nc(-c3ccccc3)nc(-c3ccc(-n4c5ccccc5c5ccc(-c6ccc7c(c6)oc6ccccc67)cc54)c(-c4ccccc4)c3)n2)cc1. The van der Waals surface area contributed by atoms with Crippen molar-refractivity contribution < 1.29 is 4.42 Å². The average Bonchev–Trinajstić information content (AvgIpc) is 3.82. The molecule has 0 saturated carbocycles. The summed E-state index contributed by atoms with van der Waals surface area (Å²) in [4.78, 5) is 15.1. The topological polar surface area (TPSA) is 56.7 Å². The van der Waals surface area contributed by atoms with E-state index in [0.29, 0.717) is 17.5 Å². The van der Waals surface area contributed by atoms with Gasteiger partial charge in [-0.3, -0.25) is 0 Å². The van der Waals surface area contributed by atoms with E-state index in [-0.39, 0.29) is 0 Å². The molecule has 0 atom stereocenters. The Hall–Kier alpha value is -7.63. The van der Waals surface area contributed by atoms with Crippen LogP contribution in [0, 0.1) is 0 Å². The van der Waals surface area contributed by atoms with E-state index in [9.17, 15) is 0 Å². The summed E-state index contributed by atoms with van der Waals surface area (Å²) >= 11 is 0. The molecule has 0 amide bonds. The van der Waals surface area contributed by atoms with E-state index in [1.54, 1.807) is 0 Å². The Kier molecular flexibility index (Phi) is 7.42. The van der Waals surface area contributed by atoms with Crippen LogP contribution in [0.4, 0.5) is 0 Å². The lowest BCUT2D eigenvalue weighted by molar-refractivity contribution is 0.669. The van der Waals surface area contributed by atoms with Crippen LogP contribution < -0.4 is 0 Å². The van der Waals surface area contributed by atoms with Crippen LogP contribution in [-0.2, 0) is 0 Å². The molecule has 0 bridgehead atoms. The number of hydrogen-bond acceptors (Lipinski definition) is 4. The molecule has 0 aliphatic heterocycles. The highest BCUT2D eigenvalue weighted by atomic mass is 16.3. The van der Waals surface area contributed by atoms with Crippen molar-refractivity contribution in [3.63, 3.8) is 0 Å². The first-order chi connectivity index (χ1) is 27.7. The van der Waals surface area contributed by atoms with Crippen molar-refractivity contribution in [2.24, 2.45) is 0 Å². The second-order valence-corrected chi connectivity index (χ2v) is 14.0. The highest BCUT2D eigenvalue weighted by Gasteiger charge is 2.19. The van der Waals surface area contributed by atoms with Gasteiger partial charge in [-0.25, -0.2) is 15.0 Å². The molecule has 0 aliphatic carbocycles. The van der Waals surface area contributed by atoms with Crippen molar-refractivity contribution in [2.45, 2.75) is 0 Å². The largest absolute Gasteiger partial charge is 0.456 e. The molecular weight excluding hydrogens is 685 g/mol. The van der Waals surface area contributed by atoms with Gasteiger partial charge in [-0.1, -0.05) is 146 Å². The van der Waals surface area contributed by atoms with Crippen LogP contribution in [0.3, 0.4) is 0 Å². The maximum absolute atomic E-state index is 6.30. The number of furan rings is 1. The minimum atomic E-state index is 0.618. The molecule has 0 unspecified atom stereocenters. The highest BCUT2D eigenvalue weighted by Crippen LogP contribution is 2.40. The lowest BCUT2D eigenvalue weighted by Crippen LogP contribution is -2.02. The Morgan fingerprint density at radius 1 is 0.321 bits per heavy atom. The van der Waals surface area contributed by atoms with Crippen molar-refractivity contribution >= 4 is 43.7 Å². The van der Waals surface area contributed by atoms with Gasteiger partial charge in [0.2, 0.25) is 0 Å². The van der Waals surface area contributed by atoms with Crippen LogP contribution >= 0.6 is 0 Å². The Balaban J connectivity index is 1.12. The quantitative estimate of drug-likeness (QED) is 0.172. The Bertz CT molecular complexity index is 3180. The number of rotatable bonds is 6. The van der Waals surface area contributed by atoms with Gasteiger partial charge in [0.1, 0.15) is 11.2 Å². The van der Waals surface area contributed by atoms with E-state index in [1.165, 1.54) is 10.8 Å². The molecule has 5 heteroatoms. The van der Waals surface area contributed by atoms with E-state index in [4.69, 9.17) is 19.4 Å². The first kappa shape index (κ1) is 31.9. The average molecular weight is 717 g/mol. The normalized spacial score (nSPS) is 11.6. The molecule has 262 valence electrons.